The fourth-order valence-corrected chi connectivity index (χ4v) is 2.34. The minimum Gasteiger partial charge on any atom is -0.368 e. The van der Waals surface area contributed by atoms with Crippen LogP contribution in [0.15, 0.2) is 0 Å². The smallest absolute Gasteiger partial charge is 0.253 e. The maximum Gasteiger partial charge on any atom is 0.253 e. The Hall–Kier alpha value is -1.08. The molecule has 2 fully saturated rings. The van der Waals surface area contributed by atoms with E-state index < -0.39 is 0 Å². The number of nitrogens with zero attached hydrogens (tertiary/aromatic N) is 2. The van der Waals surface area contributed by atoms with Crippen LogP contribution in [-0.2, 0) is 9.53 Å². The van der Waals surface area contributed by atoms with Gasteiger partial charge in [0, 0.05) is 13.2 Å². The zero-order chi connectivity index (χ0) is 10.8. The van der Waals surface area contributed by atoms with Crippen LogP contribution in [0.3, 0.4) is 0 Å². The van der Waals surface area contributed by atoms with Crippen molar-refractivity contribution >= 4 is 5.91 Å². The zero-order valence-electron chi connectivity index (χ0n) is 8.98. The number of ether oxygens (including phenoxy) is 1. The molecule has 0 aromatic rings. The Kier molecular flexibility index (Phi) is 2.92. The van der Waals surface area contributed by atoms with Crippen molar-refractivity contribution in [3.63, 3.8) is 0 Å². The Balaban J connectivity index is 2.04. The molecule has 0 aliphatic carbocycles. The van der Waals surface area contributed by atoms with Crippen molar-refractivity contribution in [2.45, 2.75) is 38.3 Å². The van der Waals surface area contributed by atoms with Gasteiger partial charge in [-0.2, -0.15) is 5.26 Å². The Labute approximate surface area is 89.8 Å². The van der Waals surface area contributed by atoms with E-state index in [4.69, 9.17) is 10.00 Å². The van der Waals surface area contributed by atoms with Gasteiger partial charge in [-0.15, -0.1) is 0 Å². The molecule has 3 atom stereocenters. The highest BCUT2D eigenvalue weighted by Gasteiger charge is 2.38. The number of hydrogen-bond donors (Lipinski definition) is 0. The summed E-state index contributed by atoms with van der Waals surface area (Å²) in [6.45, 7) is 3.42. The van der Waals surface area contributed by atoms with Crippen LogP contribution in [0, 0.1) is 17.2 Å². The van der Waals surface area contributed by atoms with Crippen LogP contribution in [-0.4, -0.2) is 36.1 Å². The van der Waals surface area contributed by atoms with Crippen molar-refractivity contribution in [3.8, 4) is 6.07 Å². The van der Waals surface area contributed by atoms with Gasteiger partial charge in [-0.25, -0.2) is 0 Å². The van der Waals surface area contributed by atoms with Crippen LogP contribution in [0.1, 0.15) is 26.2 Å². The van der Waals surface area contributed by atoms with Crippen LogP contribution in [0.4, 0.5) is 0 Å². The number of rotatable bonds is 1. The highest BCUT2D eigenvalue weighted by Crippen LogP contribution is 2.25. The van der Waals surface area contributed by atoms with Gasteiger partial charge in [0.05, 0.1) is 6.07 Å². The molecule has 0 N–H and O–H groups in total. The van der Waals surface area contributed by atoms with Crippen LogP contribution in [0.5, 0.6) is 0 Å². The highest BCUT2D eigenvalue weighted by atomic mass is 16.5. The summed E-state index contributed by atoms with van der Waals surface area (Å²) in [5.41, 5.74) is 0. The normalized spacial score (nSPS) is 35.5. The maximum absolute atomic E-state index is 12.1. The number of carbonyl (C=O) groups excluding carboxylic acids is 1. The van der Waals surface area contributed by atoms with E-state index in [9.17, 15) is 4.79 Å². The van der Waals surface area contributed by atoms with Gasteiger partial charge in [0.25, 0.3) is 5.91 Å². The number of nitriles is 1. The molecule has 15 heavy (non-hydrogen) atoms. The van der Waals surface area contributed by atoms with Crippen molar-refractivity contribution in [1.29, 1.82) is 5.26 Å². The van der Waals surface area contributed by atoms with Crippen molar-refractivity contribution in [2.24, 2.45) is 5.92 Å². The lowest BCUT2D eigenvalue weighted by atomic mass is 10.0. The molecule has 4 nitrogen and oxygen atoms in total. The minimum absolute atomic E-state index is 0.0176. The molecule has 2 aliphatic heterocycles. The van der Waals surface area contributed by atoms with Gasteiger partial charge in [0.2, 0.25) is 0 Å². The lowest BCUT2D eigenvalue weighted by molar-refractivity contribution is -0.142. The summed E-state index contributed by atoms with van der Waals surface area (Å²) in [4.78, 5) is 13.8. The van der Waals surface area contributed by atoms with Gasteiger partial charge < -0.3 is 9.64 Å². The second kappa shape index (κ2) is 4.19. The summed E-state index contributed by atoms with van der Waals surface area (Å²) in [7, 11) is 0. The Morgan fingerprint density at radius 3 is 2.93 bits per heavy atom. The number of hydrogen-bond acceptors (Lipinski definition) is 3. The van der Waals surface area contributed by atoms with Crippen LogP contribution in [0.25, 0.3) is 0 Å². The summed E-state index contributed by atoms with van der Waals surface area (Å²) in [5.74, 6) is 0.307. The Morgan fingerprint density at radius 1 is 1.53 bits per heavy atom. The summed E-state index contributed by atoms with van der Waals surface area (Å²) in [6.07, 6.45) is 2.38. The van der Waals surface area contributed by atoms with E-state index in [0.717, 1.165) is 19.3 Å². The second-order valence-corrected chi connectivity index (χ2v) is 4.38. The fraction of sp³-hybridized carbons (Fsp3) is 0.818. The van der Waals surface area contributed by atoms with Crippen LogP contribution >= 0.6 is 0 Å². The van der Waals surface area contributed by atoms with Gasteiger partial charge in [-0.05, 0) is 25.2 Å². The van der Waals surface area contributed by atoms with Crippen molar-refractivity contribution in [1.82, 2.24) is 4.90 Å². The molecule has 82 valence electrons. The molecule has 0 bridgehead atoms. The first-order valence-corrected chi connectivity index (χ1v) is 5.55. The van der Waals surface area contributed by atoms with E-state index in [2.05, 4.69) is 6.07 Å². The molecule has 0 radical (unpaired) electrons. The van der Waals surface area contributed by atoms with Crippen molar-refractivity contribution in [3.05, 3.63) is 0 Å². The van der Waals surface area contributed by atoms with Crippen molar-refractivity contribution in [2.75, 3.05) is 13.2 Å². The quantitative estimate of drug-likeness (QED) is 0.644. The predicted molar refractivity (Wildman–Crippen MR) is 53.9 cm³/mol. The average molecular weight is 208 g/mol. The van der Waals surface area contributed by atoms with Gasteiger partial charge in [-0.3, -0.25) is 4.79 Å². The number of carbonyl (C=O) groups is 1. The van der Waals surface area contributed by atoms with E-state index >= 15 is 0 Å². The SMILES string of the molecule is CC1CCOC1C(=O)N1CCCC1C#N. The molecule has 0 aromatic heterocycles. The van der Waals surface area contributed by atoms with Gasteiger partial charge in [0.15, 0.2) is 0 Å². The van der Waals surface area contributed by atoms with E-state index in [1.165, 1.54) is 0 Å². The van der Waals surface area contributed by atoms with Gasteiger partial charge >= 0.3 is 0 Å². The van der Waals surface area contributed by atoms with E-state index in [-0.39, 0.29) is 24.0 Å². The third-order valence-corrected chi connectivity index (χ3v) is 3.32. The molecule has 0 spiro atoms. The maximum atomic E-state index is 12.1. The molecule has 1 amide bonds. The summed E-state index contributed by atoms with van der Waals surface area (Å²) >= 11 is 0. The molecule has 2 heterocycles. The lowest BCUT2D eigenvalue weighted by Gasteiger charge is -2.24. The third kappa shape index (κ3) is 1.84. The fourth-order valence-electron chi connectivity index (χ4n) is 2.34. The first-order valence-electron chi connectivity index (χ1n) is 5.55. The van der Waals surface area contributed by atoms with Crippen LogP contribution < -0.4 is 0 Å². The molecular formula is C11H16N2O2. The molecule has 2 saturated heterocycles. The average Bonchev–Trinajstić information content (AvgIpc) is 2.84. The Bertz CT molecular complexity index is 297. The largest absolute Gasteiger partial charge is 0.368 e. The van der Waals surface area contributed by atoms with E-state index in [0.29, 0.717) is 13.2 Å². The number of likely N-dealkylation sites (tertiary alicyclic amines) is 1. The molecule has 0 saturated carbocycles. The highest BCUT2D eigenvalue weighted by molar-refractivity contribution is 5.82. The summed E-state index contributed by atoms with van der Waals surface area (Å²) in [6, 6.07) is 1.95. The van der Waals surface area contributed by atoms with E-state index in [1.54, 1.807) is 4.90 Å². The van der Waals surface area contributed by atoms with E-state index in [1.807, 2.05) is 6.92 Å². The van der Waals surface area contributed by atoms with Crippen molar-refractivity contribution < 1.29 is 9.53 Å². The standard InChI is InChI=1S/C11H16N2O2/c1-8-4-6-15-10(8)11(14)13-5-2-3-9(13)7-12/h8-10H,2-6H2,1H3. The predicted octanol–water partition coefficient (Wildman–Crippen LogP) is 0.926. The topological polar surface area (TPSA) is 53.3 Å². The first-order chi connectivity index (χ1) is 7.24. The molecule has 3 unspecified atom stereocenters. The number of amides is 1. The summed E-state index contributed by atoms with van der Waals surface area (Å²) < 4.78 is 5.43. The Morgan fingerprint density at radius 2 is 2.33 bits per heavy atom. The third-order valence-electron chi connectivity index (χ3n) is 3.32. The second-order valence-electron chi connectivity index (χ2n) is 4.38. The molecular weight excluding hydrogens is 192 g/mol. The zero-order valence-corrected chi connectivity index (χ0v) is 8.98. The van der Waals surface area contributed by atoms with Gasteiger partial charge in [-0.1, -0.05) is 6.92 Å². The molecule has 2 aliphatic rings. The monoisotopic (exact) mass is 208 g/mol. The molecule has 2 rings (SSSR count). The summed E-state index contributed by atoms with van der Waals surface area (Å²) in [5, 5.41) is 8.91. The van der Waals surface area contributed by atoms with Gasteiger partial charge in [0.1, 0.15) is 12.1 Å². The lowest BCUT2D eigenvalue weighted by Crippen LogP contribution is -2.43. The first kappa shape index (κ1) is 10.4. The minimum atomic E-state index is -0.307. The molecule has 0 aromatic carbocycles. The van der Waals surface area contributed by atoms with Crippen LogP contribution in [0.2, 0.25) is 0 Å². The molecule has 4 heteroatoms.